The van der Waals surface area contributed by atoms with Crippen LogP contribution in [0.1, 0.15) is 37.2 Å². The molecule has 1 nitrogen and oxygen atoms in total. The summed E-state index contributed by atoms with van der Waals surface area (Å²) in [7, 11) is 0. The smallest absolute Gasteiger partial charge is 0.0178 e. The van der Waals surface area contributed by atoms with E-state index in [9.17, 15) is 0 Å². The second kappa shape index (κ2) is 5.13. The van der Waals surface area contributed by atoms with Gasteiger partial charge in [0.2, 0.25) is 0 Å². The average Bonchev–Trinajstić information content (AvgIpc) is 2.29. The zero-order valence-electron chi connectivity index (χ0n) is 8.95. The van der Waals surface area contributed by atoms with Crippen molar-refractivity contribution in [2.45, 2.75) is 31.6 Å². The summed E-state index contributed by atoms with van der Waals surface area (Å²) in [5, 5.41) is 0. The van der Waals surface area contributed by atoms with Gasteiger partial charge in [0, 0.05) is 4.47 Å². The van der Waals surface area contributed by atoms with Gasteiger partial charge in [-0.2, -0.15) is 0 Å². The molecule has 15 heavy (non-hydrogen) atoms. The van der Waals surface area contributed by atoms with Crippen molar-refractivity contribution in [2.24, 2.45) is 11.7 Å². The van der Waals surface area contributed by atoms with Gasteiger partial charge in [-0.3, -0.25) is 0 Å². The van der Waals surface area contributed by atoms with Crippen molar-refractivity contribution in [2.75, 3.05) is 6.54 Å². The maximum absolute atomic E-state index is 5.86. The molecule has 0 amide bonds. The first kappa shape index (κ1) is 11.2. The molecule has 0 heterocycles. The Kier molecular flexibility index (Phi) is 3.81. The predicted octanol–water partition coefficient (Wildman–Crippen LogP) is 3.68. The SMILES string of the molecule is NCC1CCCCC1c1cccc(Br)c1. The van der Waals surface area contributed by atoms with Crippen molar-refractivity contribution in [1.29, 1.82) is 0 Å². The second-order valence-electron chi connectivity index (χ2n) is 4.44. The standard InChI is InChI=1S/C13H18BrN/c14-12-6-3-5-10(8-12)13-7-2-1-4-11(13)9-15/h3,5-6,8,11,13H,1-2,4,7,9,15H2. The van der Waals surface area contributed by atoms with Gasteiger partial charge in [0.25, 0.3) is 0 Å². The Morgan fingerprint density at radius 3 is 2.80 bits per heavy atom. The Morgan fingerprint density at radius 2 is 2.07 bits per heavy atom. The van der Waals surface area contributed by atoms with Gasteiger partial charge in [0.1, 0.15) is 0 Å². The zero-order chi connectivity index (χ0) is 10.7. The lowest BCUT2D eigenvalue weighted by atomic mass is 9.75. The first-order valence-electron chi connectivity index (χ1n) is 5.77. The average molecular weight is 268 g/mol. The van der Waals surface area contributed by atoms with Crippen LogP contribution in [0.3, 0.4) is 0 Å². The fraction of sp³-hybridized carbons (Fsp3) is 0.538. The highest BCUT2D eigenvalue weighted by molar-refractivity contribution is 9.10. The summed E-state index contributed by atoms with van der Waals surface area (Å²) >= 11 is 3.54. The summed E-state index contributed by atoms with van der Waals surface area (Å²) in [5.74, 6) is 1.37. The maximum atomic E-state index is 5.86. The lowest BCUT2D eigenvalue weighted by molar-refractivity contribution is 0.314. The lowest BCUT2D eigenvalue weighted by Gasteiger charge is -2.31. The van der Waals surface area contributed by atoms with E-state index in [1.807, 2.05) is 0 Å². The zero-order valence-corrected chi connectivity index (χ0v) is 10.5. The number of hydrogen-bond donors (Lipinski definition) is 1. The van der Waals surface area contributed by atoms with Gasteiger partial charge in [-0.05, 0) is 48.9 Å². The molecule has 0 saturated heterocycles. The molecule has 2 unspecified atom stereocenters. The number of rotatable bonds is 2. The first-order chi connectivity index (χ1) is 7.31. The molecule has 2 N–H and O–H groups in total. The Balaban J connectivity index is 2.20. The van der Waals surface area contributed by atoms with Crippen molar-refractivity contribution in [1.82, 2.24) is 0 Å². The fourth-order valence-corrected chi connectivity index (χ4v) is 3.08. The van der Waals surface area contributed by atoms with E-state index in [4.69, 9.17) is 5.73 Å². The molecule has 1 fully saturated rings. The highest BCUT2D eigenvalue weighted by atomic mass is 79.9. The van der Waals surface area contributed by atoms with Crippen molar-refractivity contribution >= 4 is 15.9 Å². The van der Waals surface area contributed by atoms with Gasteiger partial charge in [0.15, 0.2) is 0 Å². The van der Waals surface area contributed by atoms with Gasteiger partial charge in [-0.25, -0.2) is 0 Å². The van der Waals surface area contributed by atoms with Crippen LogP contribution < -0.4 is 5.73 Å². The largest absolute Gasteiger partial charge is 0.330 e. The normalized spacial score (nSPS) is 26.5. The third-order valence-corrected chi connectivity index (χ3v) is 3.98. The molecule has 0 bridgehead atoms. The van der Waals surface area contributed by atoms with Crippen LogP contribution in [-0.2, 0) is 0 Å². The van der Waals surface area contributed by atoms with Gasteiger partial charge >= 0.3 is 0 Å². The minimum absolute atomic E-state index is 0.682. The highest BCUT2D eigenvalue weighted by Gasteiger charge is 2.25. The number of hydrogen-bond acceptors (Lipinski definition) is 1. The van der Waals surface area contributed by atoms with E-state index in [2.05, 4.69) is 40.2 Å². The number of halogens is 1. The van der Waals surface area contributed by atoms with E-state index >= 15 is 0 Å². The van der Waals surface area contributed by atoms with Crippen LogP contribution in [0.15, 0.2) is 28.7 Å². The molecule has 1 aromatic carbocycles. The van der Waals surface area contributed by atoms with Crippen LogP contribution in [-0.4, -0.2) is 6.54 Å². The Hall–Kier alpha value is -0.340. The molecule has 1 saturated carbocycles. The second-order valence-corrected chi connectivity index (χ2v) is 5.36. The van der Waals surface area contributed by atoms with Crippen molar-refractivity contribution in [3.8, 4) is 0 Å². The van der Waals surface area contributed by atoms with E-state index in [0.29, 0.717) is 11.8 Å². The van der Waals surface area contributed by atoms with E-state index in [-0.39, 0.29) is 0 Å². The molecule has 1 aliphatic rings. The van der Waals surface area contributed by atoms with E-state index in [1.165, 1.54) is 35.7 Å². The molecule has 0 spiro atoms. The van der Waals surface area contributed by atoms with E-state index < -0.39 is 0 Å². The Morgan fingerprint density at radius 1 is 1.27 bits per heavy atom. The van der Waals surface area contributed by atoms with Crippen LogP contribution in [0.25, 0.3) is 0 Å². The number of benzene rings is 1. The molecule has 2 atom stereocenters. The molecule has 0 aliphatic heterocycles. The molecular formula is C13H18BrN. The van der Waals surface area contributed by atoms with Crippen LogP contribution in [0.4, 0.5) is 0 Å². The van der Waals surface area contributed by atoms with Gasteiger partial charge < -0.3 is 5.73 Å². The summed E-state index contributed by atoms with van der Waals surface area (Å²) in [5.41, 5.74) is 7.32. The third-order valence-electron chi connectivity index (χ3n) is 3.49. The summed E-state index contributed by atoms with van der Waals surface area (Å²) in [6.07, 6.45) is 5.31. The highest BCUT2D eigenvalue weighted by Crippen LogP contribution is 2.37. The molecule has 82 valence electrons. The van der Waals surface area contributed by atoms with Crippen molar-refractivity contribution in [3.63, 3.8) is 0 Å². The topological polar surface area (TPSA) is 26.0 Å². The van der Waals surface area contributed by atoms with Crippen molar-refractivity contribution < 1.29 is 0 Å². The molecule has 2 heteroatoms. The lowest BCUT2D eigenvalue weighted by Crippen LogP contribution is -2.25. The van der Waals surface area contributed by atoms with Crippen LogP contribution in [0.2, 0.25) is 0 Å². The van der Waals surface area contributed by atoms with E-state index in [1.54, 1.807) is 0 Å². The summed E-state index contributed by atoms with van der Waals surface area (Å²) in [6, 6.07) is 8.70. The Labute approximate surface area is 100 Å². The van der Waals surface area contributed by atoms with Gasteiger partial charge in [-0.1, -0.05) is 40.9 Å². The molecule has 1 aromatic rings. The minimum Gasteiger partial charge on any atom is -0.330 e. The van der Waals surface area contributed by atoms with Gasteiger partial charge in [0.05, 0.1) is 0 Å². The monoisotopic (exact) mass is 267 g/mol. The minimum atomic E-state index is 0.682. The molecule has 2 rings (SSSR count). The van der Waals surface area contributed by atoms with Gasteiger partial charge in [-0.15, -0.1) is 0 Å². The molecular weight excluding hydrogens is 250 g/mol. The fourth-order valence-electron chi connectivity index (χ4n) is 2.67. The molecule has 0 aromatic heterocycles. The van der Waals surface area contributed by atoms with Crippen LogP contribution in [0.5, 0.6) is 0 Å². The van der Waals surface area contributed by atoms with Crippen LogP contribution in [0, 0.1) is 5.92 Å². The quantitative estimate of drug-likeness (QED) is 0.869. The third kappa shape index (κ3) is 2.61. The molecule has 1 aliphatic carbocycles. The Bertz CT molecular complexity index is 324. The summed E-state index contributed by atoms with van der Waals surface area (Å²) in [6.45, 7) is 0.831. The predicted molar refractivity (Wildman–Crippen MR) is 67.9 cm³/mol. The summed E-state index contributed by atoms with van der Waals surface area (Å²) < 4.78 is 1.18. The maximum Gasteiger partial charge on any atom is 0.0178 e. The van der Waals surface area contributed by atoms with E-state index in [0.717, 1.165) is 6.54 Å². The number of nitrogens with two attached hydrogens (primary N) is 1. The summed E-state index contributed by atoms with van der Waals surface area (Å²) in [4.78, 5) is 0. The van der Waals surface area contributed by atoms with Crippen LogP contribution >= 0.6 is 15.9 Å². The van der Waals surface area contributed by atoms with Crippen molar-refractivity contribution in [3.05, 3.63) is 34.3 Å². The first-order valence-corrected chi connectivity index (χ1v) is 6.56. The molecule has 0 radical (unpaired) electrons.